The number of nitrogen functional groups attached to an aromatic ring is 1. The molecule has 0 radical (unpaired) electrons. The number of pyridine rings is 1. The number of carboxylic acids is 1. The number of nitrogens with one attached hydrogen (secondary N) is 1. The minimum atomic E-state index is -1.11. The van der Waals surface area contributed by atoms with Gasteiger partial charge in [-0.25, -0.2) is 9.78 Å². The van der Waals surface area contributed by atoms with E-state index in [1.165, 1.54) is 31.5 Å². The Kier molecular flexibility index (Phi) is 4.03. The Labute approximate surface area is 120 Å². The summed E-state index contributed by atoms with van der Waals surface area (Å²) in [4.78, 5) is 27.0. The monoisotopic (exact) mass is 287 g/mol. The number of amides is 1. The van der Waals surface area contributed by atoms with Gasteiger partial charge in [-0.05, 0) is 30.3 Å². The first kappa shape index (κ1) is 14.3. The average molecular weight is 287 g/mol. The molecule has 0 spiro atoms. The second-order valence-electron chi connectivity index (χ2n) is 4.12. The lowest BCUT2D eigenvalue weighted by molar-refractivity contribution is 0.0696. The summed E-state index contributed by atoms with van der Waals surface area (Å²) in [7, 11) is 1.42. The Morgan fingerprint density at radius 3 is 2.71 bits per heavy atom. The summed E-state index contributed by atoms with van der Waals surface area (Å²) in [6, 6.07) is 7.30. The summed E-state index contributed by atoms with van der Waals surface area (Å²) in [5.41, 5.74) is 6.21. The van der Waals surface area contributed by atoms with Gasteiger partial charge >= 0.3 is 5.97 Å². The molecule has 0 aliphatic rings. The van der Waals surface area contributed by atoms with E-state index in [0.717, 1.165) is 0 Å². The van der Waals surface area contributed by atoms with Gasteiger partial charge in [-0.2, -0.15) is 0 Å². The van der Waals surface area contributed by atoms with Gasteiger partial charge in [0.15, 0.2) is 5.69 Å². The summed E-state index contributed by atoms with van der Waals surface area (Å²) in [6.07, 6.45) is 1.44. The van der Waals surface area contributed by atoms with Crippen molar-refractivity contribution in [3.63, 3.8) is 0 Å². The van der Waals surface area contributed by atoms with Gasteiger partial charge in [0.25, 0.3) is 5.91 Å². The Balaban J connectivity index is 2.34. The lowest BCUT2D eigenvalue weighted by atomic mass is 10.2. The molecular weight excluding hydrogens is 274 g/mol. The minimum absolute atomic E-state index is 0.0279. The first-order chi connectivity index (χ1) is 10.0. The van der Waals surface area contributed by atoms with Crippen molar-refractivity contribution in [3.05, 3.63) is 47.8 Å². The number of aromatic nitrogens is 1. The number of carbonyl (C=O) groups is 2. The molecule has 0 fully saturated rings. The second-order valence-corrected chi connectivity index (χ2v) is 4.12. The predicted octanol–water partition coefficient (Wildman–Crippen LogP) is 1.62. The molecule has 2 rings (SSSR count). The molecule has 1 aromatic carbocycles. The van der Waals surface area contributed by atoms with E-state index in [-0.39, 0.29) is 22.6 Å². The molecule has 0 unspecified atom stereocenters. The van der Waals surface area contributed by atoms with E-state index in [1.807, 2.05) is 0 Å². The fourth-order valence-corrected chi connectivity index (χ4v) is 1.73. The largest absolute Gasteiger partial charge is 0.495 e. The van der Waals surface area contributed by atoms with Crippen molar-refractivity contribution in [1.82, 2.24) is 4.98 Å². The maximum Gasteiger partial charge on any atom is 0.335 e. The first-order valence-electron chi connectivity index (χ1n) is 5.96. The third kappa shape index (κ3) is 3.08. The summed E-state index contributed by atoms with van der Waals surface area (Å²) in [6.45, 7) is 0. The number of ether oxygens (including phenoxy) is 1. The molecule has 1 heterocycles. The number of hydrogen-bond donors (Lipinski definition) is 3. The number of aromatic carboxylic acids is 1. The first-order valence-corrected chi connectivity index (χ1v) is 5.96. The van der Waals surface area contributed by atoms with E-state index in [0.29, 0.717) is 5.75 Å². The Hall–Kier alpha value is -3.09. The maximum atomic E-state index is 12.1. The number of benzene rings is 1. The van der Waals surface area contributed by atoms with Gasteiger partial charge in [-0.15, -0.1) is 0 Å². The van der Waals surface area contributed by atoms with Gasteiger partial charge in [0.2, 0.25) is 0 Å². The molecule has 21 heavy (non-hydrogen) atoms. The van der Waals surface area contributed by atoms with Gasteiger partial charge in [0.1, 0.15) is 5.75 Å². The lowest BCUT2D eigenvalue weighted by Crippen LogP contribution is -2.16. The van der Waals surface area contributed by atoms with Crippen molar-refractivity contribution in [2.45, 2.75) is 0 Å². The quantitative estimate of drug-likeness (QED) is 0.787. The van der Waals surface area contributed by atoms with Crippen LogP contribution in [0.15, 0.2) is 36.5 Å². The van der Waals surface area contributed by atoms with Crippen LogP contribution in [0.2, 0.25) is 0 Å². The molecule has 0 atom stereocenters. The molecule has 0 aliphatic carbocycles. The van der Waals surface area contributed by atoms with Gasteiger partial charge in [-0.1, -0.05) is 0 Å². The number of carboxylic acid groups (broad SMARTS) is 1. The number of nitrogens with zero attached hydrogens (tertiary/aromatic N) is 1. The van der Waals surface area contributed by atoms with Crippen LogP contribution in [-0.4, -0.2) is 29.1 Å². The molecule has 1 amide bonds. The Morgan fingerprint density at radius 2 is 2.10 bits per heavy atom. The van der Waals surface area contributed by atoms with Crippen molar-refractivity contribution < 1.29 is 19.4 Å². The highest BCUT2D eigenvalue weighted by Gasteiger charge is 2.15. The van der Waals surface area contributed by atoms with Crippen LogP contribution in [0.4, 0.5) is 11.4 Å². The summed E-state index contributed by atoms with van der Waals surface area (Å²) < 4.78 is 5.09. The molecule has 1 aromatic heterocycles. The summed E-state index contributed by atoms with van der Waals surface area (Å²) in [5, 5.41) is 11.5. The zero-order valence-corrected chi connectivity index (χ0v) is 11.2. The number of anilines is 2. The molecular formula is C14H13N3O4. The normalized spacial score (nSPS) is 9.95. The SMILES string of the molecule is COc1ccc(C(=O)O)cc1NC(=O)c1ncccc1N. The van der Waals surface area contributed by atoms with Gasteiger partial charge in [0, 0.05) is 6.20 Å². The molecule has 0 aliphatic heterocycles. The Morgan fingerprint density at radius 1 is 1.33 bits per heavy atom. The molecule has 7 nitrogen and oxygen atoms in total. The van der Waals surface area contributed by atoms with Crippen LogP contribution in [-0.2, 0) is 0 Å². The van der Waals surface area contributed by atoms with Crippen LogP contribution in [0.1, 0.15) is 20.8 Å². The van der Waals surface area contributed by atoms with Crippen LogP contribution in [0.25, 0.3) is 0 Å². The molecule has 4 N–H and O–H groups in total. The highest BCUT2D eigenvalue weighted by molar-refractivity contribution is 6.07. The number of hydrogen-bond acceptors (Lipinski definition) is 5. The van der Waals surface area contributed by atoms with Crippen LogP contribution >= 0.6 is 0 Å². The number of rotatable bonds is 4. The van der Waals surface area contributed by atoms with Crippen LogP contribution < -0.4 is 15.8 Å². The highest BCUT2D eigenvalue weighted by Crippen LogP contribution is 2.26. The van der Waals surface area contributed by atoms with Gasteiger partial charge < -0.3 is 20.9 Å². The molecule has 0 saturated carbocycles. The molecule has 0 bridgehead atoms. The maximum absolute atomic E-state index is 12.1. The number of nitrogens with two attached hydrogens (primary N) is 1. The van der Waals surface area contributed by atoms with Crippen molar-refractivity contribution in [2.75, 3.05) is 18.2 Å². The van der Waals surface area contributed by atoms with Crippen molar-refractivity contribution in [3.8, 4) is 5.75 Å². The fraction of sp³-hybridized carbons (Fsp3) is 0.0714. The predicted molar refractivity (Wildman–Crippen MR) is 76.6 cm³/mol. The molecule has 7 heteroatoms. The van der Waals surface area contributed by atoms with Crippen LogP contribution in [0.3, 0.4) is 0 Å². The van der Waals surface area contributed by atoms with E-state index in [4.69, 9.17) is 15.6 Å². The van der Waals surface area contributed by atoms with Crippen molar-refractivity contribution in [2.24, 2.45) is 0 Å². The lowest BCUT2D eigenvalue weighted by Gasteiger charge is -2.11. The standard InChI is InChI=1S/C14H13N3O4/c1-21-11-5-4-8(14(19)20)7-10(11)17-13(18)12-9(15)3-2-6-16-12/h2-7H,15H2,1H3,(H,17,18)(H,19,20). The summed E-state index contributed by atoms with van der Waals surface area (Å²) >= 11 is 0. The van der Waals surface area contributed by atoms with E-state index in [2.05, 4.69) is 10.3 Å². The van der Waals surface area contributed by atoms with Crippen molar-refractivity contribution in [1.29, 1.82) is 0 Å². The van der Waals surface area contributed by atoms with Crippen molar-refractivity contribution >= 4 is 23.3 Å². The zero-order chi connectivity index (χ0) is 15.4. The second kappa shape index (κ2) is 5.91. The van der Waals surface area contributed by atoms with Gasteiger partial charge in [-0.3, -0.25) is 4.79 Å². The van der Waals surface area contributed by atoms with E-state index in [9.17, 15) is 9.59 Å². The summed E-state index contributed by atoms with van der Waals surface area (Å²) in [5.74, 6) is -1.32. The van der Waals surface area contributed by atoms with E-state index >= 15 is 0 Å². The smallest absolute Gasteiger partial charge is 0.335 e. The Bertz CT molecular complexity index is 700. The third-order valence-corrected chi connectivity index (χ3v) is 2.75. The highest BCUT2D eigenvalue weighted by atomic mass is 16.5. The van der Waals surface area contributed by atoms with E-state index in [1.54, 1.807) is 12.1 Å². The van der Waals surface area contributed by atoms with E-state index < -0.39 is 11.9 Å². The zero-order valence-electron chi connectivity index (χ0n) is 11.2. The molecule has 108 valence electrons. The third-order valence-electron chi connectivity index (χ3n) is 2.75. The molecule has 0 saturated heterocycles. The topological polar surface area (TPSA) is 115 Å². The average Bonchev–Trinajstić information content (AvgIpc) is 2.47. The van der Waals surface area contributed by atoms with Crippen LogP contribution in [0, 0.1) is 0 Å². The number of methoxy groups -OCH3 is 1. The molecule has 2 aromatic rings. The van der Waals surface area contributed by atoms with Gasteiger partial charge in [0.05, 0.1) is 24.0 Å². The number of carbonyl (C=O) groups excluding carboxylic acids is 1. The van der Waals surface area contributed by atoms with Crippen LogP contribution in [0.5, 0.6) is 5.75 Å². The fourth-order valence-electron chi connectivity index (χ4n) is 1.73. The minimum Gasteiger partial charge on any atom is -0.495 e.